The van der Waals surface area contributed by atoms with Crippen LogP contribution >= 0.6 is 0 Å². The summed E-state index contributed by atoms with van der Waals surface area (Å²) in [4.78, 5) is 23.9. The monoisotopic (exact) mass is 443 g/mol. The lowest BCUT2D eigenvalue weighted by atomic mass is 9.90. The first kappa shape index (κ1) is 22.8. The van der Waals surface area contributed by atoms with Crippen molar-refractivity contribution in [2.45, 2.75) is 50.6 Å². The van der Waals surface area contributed by atoms with Crippen LogP contribution in [0.5, 0.6) is 0 Å². The van der Waals surface area contributed by atoms with E-state index in [0.717, 1.165) is 55.5 Å². The van der Waals surface area contributed by atoms with Gasteiger partial charge in [0.1, 0.15) is 5.82 Å². The lowest BCUT2D eigenvalue weighted by Crippen LogP contribution is -2.40. The van der Waals surface area contributed by atoms with Crippen LogP contribution in [0.2, 0.25) is 0 Å². The number of rotatable bonds is 8. The molecule has 4 rings (SSSR count). The van der Waals surface area contributed by atoms with Crippen molar-refractivity contribution in [2.75, 3.05) is 24.3 Å². The fourth-order valence-electron chi connectivity index (χ4n) is 4.38. The maximum atomic E-state index is 13.1. The van der Waals surface area contributed by atoms with Crippen molar-refractivity contribution in [1.82, 2.24) is 15.3 Å². The Hall–Kier alpha value is -3.41. The van der Waals surface area contributed by atoms with E-state index < -0.39 is 0 Å². The average molecular weight is 444 g/mol. The predicted octanol–water partition coefficient (Wildman–Crippen LogP) is 4.48. The van der Waals surface area contributed by atoms with Crippen LogP contribution in [0.4, 0.5) is 11.8 Å². The van der Waals surface area contributed by atoms with Gasteiger partial charge in [-0.3, -0.25) is 4.79 Å². The quantitative estimate of drug-likeness (QED) is 0.537. The third kappa shape index (κ3) is 6.31. The molecule has 0 unspecified atom stereocenters. The van der Waals surface area contributed by atoms with Crippen molar-refractivity contribution in [3.05, 3.63) is 83.6 Å². The second-order valence-electron chi connectivity index (χ2n) is 8.94. The normalized spacial score (nSPS) is 17.9. The van der Waals surface area contributed by atoms with Gasteiger partial charge in [0.2, 0.25) is 5.95 Å². The van der Waals surface area contributed by atoms with Crippen molar-refractivity contribution in [3.8, 4) is 0 Å². The average Bonchev–Trinajstić information content (AvgIpc) is 2.85. The van der Waals surface area contributed by atoms with Crippen LogP contribution < -0.4 is 15.5 Å². The van der Waals surface area contributed by atoms with Gasteiger partial charge in [0.15, 0.2) is 0 Å². The van der Waals surface area contributed by atoms with Gasteiger partial charge in [-0.05, 0) is 61.8 Å². The molecular formula is C27H33N5O. The maximum absolute atomic E-state index is 13.1. The van der Waals surface area contributed by atoms with E-state index in [4.69, 9.17) is 0 Å². The molecule has 3 aromatic rings. The molecule has 1 aliphatic carbocycles. The number of aromatic nitrogens is 2. The van der Waals surface area contributed by atoms with E-state index in [1.165, 1.54) is 5.56 Å². The van der Waals surface area contributed by atoms with Crippen LogP contribution in [0.25, 0.3) is 0 Å². The first-order valence-electron chi connectivity index (χ1n) is 11.8. The van der Waals surface area contributed by atoms with E-state index in [0.29, 0.717) is 12.0 Å². The zero-order valence-electron chi connectivity index (χ0n) is 19.5. The highest BCUT2D eigenvalue weighted by atomic mass is 16.1. The van der Waals surface area contributed by atoms with Gasteiger partial charge < -0.3 is 15.5 Å². The summed E-state index contributed by atoms with van der Waals surface area (Å²) in [6.45, 7) is 0. The van der Waals surface area contributed by atoms with E-state index in [2.05, 4.69) is 50.9 Å². The Kier molecular flexibility index (Phi) is 7.55. The lowest BCUT2D eigenvalue weighted by molar-refractivity contribution is 0.0925. The Morgan fingerprint density at radius 1 is 0.909 bits per heavy atom. The third-order valence-electron chi connectivity index (χ3n) is 6.28. The van der Waals surface area contributed by atoms with Gasteiger partial charge in [-0.25, -0.2) is 4.98 Å². The molecule has 6 heteroatoms. The number of carbonyl (C=O) groups is 1. The van der Waals surface area contributed by atoms with Crippen molar-refractivity contribution in [2.24, 2.45) is 0 Å². The minimum atomic E-state index is 0.0390. The minimum Gasteiger partial charge on any atom is -0.363 e. The molecule has 0 radical (unpaired) electrons. The molecule has 172 valence electrons. The summed E-state index contributed by atoms with van der Waals surface area (Å²) in [6, 6.07) is 20.8. The number of hydrogen-bond acceptors (Lipinski definition) is 5. The molecule has 1 aliphatic rings. The Labute approximate surface area is 196 Å². The van der Waals surface area contributed by atoms with E-state index in [-0.39, 0.29) is 11.9 Å². The Morgan fingerprint density at radius 2 is 1.61 bits per heavy atom. The van der Waals surface area contributed by atoms with E-state index in [1.807, 2.05) is 49.3 Å². The molecule has 0 atom stereocenters. The molecule has 0 spiro atoms. The summed E-state index contributed by atoms with van der Waals surface area (Å²) in [5.41, 5.74) is 3.19. The standard InChI is InChI=1S/C27H33N5O/c1-32(2)25-18-19-28-27(31-25)30-23-16-14-22(15-17-23)29-26(33)24-11-7-6-10-21(24)13-12-20-8-4-3-5-9-20/h3-11,18-19,22-23H,12-17H2,1-2H3,(H,29,33)(H,28,30,31)/t22-,23+. The van der Waals surface area contributed by atoms with Gasteiger partial charge in [0.05, 0.1) is 0 Å². The van der Waals surface area contributed by atoms with Gasteiger partial charge in [0.25, 0.3) is 5.91 Å². The second kappa shape index (κ2) is 10.9. The topological polar surface area (TPSA) is 70.2 Å². The molecule has 1 amide bonds. The lowest BCUT2D eigenvalue weighted by Gasteiger charge is -2.30. The minimum absolute atomic E-state index is 0.0390. The first-order chi connectivity index (χ1) is 16.1. The molecule has 2 aromatic carbocycles. The smallest absolute Gasteiger partial charge is 0.251 e. The molecule has 1 saturated carbocycles. The SMILES string of the molecule is CN(C)c1ccnc(N[C@H]2CC[C@@H](NC(=O)c3ccccc3CCc3ccccc3)CC2)n1. The Bertz CT molecular complexity index is 1050. The number of amides is 1. The Balaban J connectivity index is 1.29. The first-order valence-corrected chi connectivity index (χ1v) is 11.8. The highest BCUT2D eigenvalue weighted by molar-refractivity contribution is 5.95. The number of anilines is 2. The van der Waals surface area contributed by atoms with Crippen LogP contribution in [-0.2, 0) is 12.8 Å². The number of carbonyl (C=O) groups excluding carboxylic acids is 1. The van der Waals surface area contributed by atoms with Crippen molar-refractivity contribution in [1.29, 1.82) is 0 Å². The number of aryl methyl sites for hydroxylation is 2. The highest BCUT2D eigenvalue weighted by Crippen LogP contribution is 2.22. The summed E-state index contributed by atoms with van der Waals surface area (Å²) in [6.07, 6.45) is 7.43. The number of nitrogens with zero attached hydrogens (tertiary/aromatic N) is 3. The molecule has 2 N–H and O–H groups in total. The molecule has 1 aromatic heterocycles. The molecule has 0 saturated heterocycles. The molecule has 6 nitrogen and oxygen atoms in total. The van der Waals surface area contributed by atoms with Gasteiger partial charge in [-0.15, -0.1) is 0 Å². The van der Waals surface area contributed by atoms with Gasteiger partial charge >= 0.3 is 0 Å². The van der Waals surface area contributed by atoms with E-state index >= 15 is 0 Å². The van der Waals surface area contributed by atoms with Gasteiger partial charge in [-0.2, -0.15) is 4.98 Å². The summed E-state index contributed by atoms with van der Waals surface area (Å²) >= 11 is 0. The summed E-state index contributed by atoms with van der Waals surface area (Å²) in [7, 11) is 3.94. The number of hydrogen-bond donors (Lipinski definition) is 2. The van der Waals surface area contributed by atoms with Crippen LogP contribution in [0.3, 0.4) is 0 Å². The summed E-state index contributed by atoms with van der Waals surface area (Å²) in [5.74, 6) is 1.59. The van der Waals surface area contributed by atoms with Crippen molar-refractivity contribution < 1.29 is 4.79 Å². The highest BCUT2D eigenvalue weighted by Gasteiger charge is 2.24. The second-order valence-corrected chi connectivity index (χ2v) is 8.94. The molecule has 1 fully saturated rings. The molecular weight excluding hydrogens is 410 g/mol. The largest absolute Gasteiger partial charge is 0.363 e. The molecule has 1 heterocycles. The van der Waals surface area contributed by atoms with Crippen LogP contribution in [0.1, 0.15) is 47.2 Å². The van der Waals surface area contributed by atoms with Gasteiger partial charge in [-0.1, -0.05) is 48.5 Å². The van der Waals surface area contributed by atoms with E-state index in [9.17, 15) is 4.79 Å². The predicted molar refractivity (Wildman–Crippen MR) is 134 cm³/mol. The van der Waals surface area contributed by atoms with Crippen LogP contribution in [0.15, 0.2) is 66.9 Å². The summed E-state index contributed by atoms with van der Waals surface area (Å²) in [5, 5.41) is 6.74. The van der Waals surface area contributed by atoms with Gasteiger partial charge in [0, 0.05) is 37.9 Å². The van der Waals surface area contributed by atoms with Crippen LogP contribution in [-0.4, -0.2) is 42.1 Å². The number of benzene rings is 2. The third-order valence-corrected chi connectivity index (χ3v) is 6.28. The fourth-order valence-corrected chi connectivity index (χ4v) is 4.38. The maximum Gasteiger partial charge on any atom is 0.251 e. The molecule has 0 bridgehead atoms. The van der Waals surface area contributed by atoms with Crippen LogP contribution in [0, 0.1) is 0 Å². The molecule has 33 heavy (non-hydrogen) atoms. The zero-order chi connectivity index (χ0) is 23.0. The van der Waals surface area contributed by atoms with Crippen molar-refractivity contribution in [3.63, 3.8) is 0 Å². The zero-order valence-corrected chi connectivity index (χ0v) is 19.5. The summed E-state index contributed by atoms with van der Waals surface area (Å²) < 4.78 is 0. The van der Waals surface area contributed by atoms with E-state index in [1.54, 1.807) is 6.20 Å². The fraction of sp³-hybridized carbons (Fsp3) is 0.370. The van der Waals surface area contributed by atoms with Crippen molar-refractivity contribution >= 4 is 17.7 Å². The Morgan fingerprint density at radius 3 is 2.36 bits per heavy atom. The number of nitrogens with one attached hydrogen (secondary N) is 2. The molecule has 0 aliphatic heterocycles.